The van der Waals surface area contributed by atoms with Crippen LogP contribution in [0, 0.1) is 0 Å². The highest BCUT2D eigenvalue weighted by atomic mass is 19.4. The van der Waals surface area contributed by atoms with Crippen molar-refractivity contribution < 1.29 is 37.1 Å². The number of hydrogen-bond donors (Lipinski definition) is 0. The van der Waals surface area contributed by atoms with E-state index < -0.39 is 12.1 Å². The molecule has 134 valence electrons. The number of cyclic esters (lactones) is 1. The highest BCUT2D eigenvalue weighted by Gasteiger charge is 2.43. The van der Waals surface area contributed by atoms with Crippen LogP contribution >= 0.6 is 0 Å². The Morgan fingerprint density at radius 2 is 1.62 bits per heavy atom. The Hall–Kier alpha value is -2.09. The molecule has 0 fully saturated rings. The second-order valence-electron chi connectivity index (χ2n) is 5.30. The Morgan fingerprint density at radius 3 is 2.04 bits per heavy atom. The molecule has 0 aromatic heterocycles. The number of carbonyl (C=O) groups excluding carboxylic acids is 2. The van der Waals surface area contributed by atoms with Crippen LogP contribution in [0.3, 0.4) is 0 Å². The van der Waals surface area contributed by atoms with Crippen molar-refractivity contribution in [3.8, 4) is 0 Å². The fourth-order valence-electron chi connectivity index (χ4n) is 2.70. The van der Waals surface area contributed by atoms with Gasteiger partial charge in [0.15, 0.2) is 0 Å². The number of carboxylic acids is 1. The number of esters is 1. The molecule has 0 radical (unpaired) electrons. The Bertz CT molecular complexity index is 589. The van der Waals surface area contributed by atoms with Crippen molar-refractivity contribution >= 4 is 11.9 Å². The van der Waals surface area contributed by atoms with E-state index in [2.05, 4.69) is 20.8 Å². The minimum absolute atomic E-state index is 0.126. The maximum Gasteiger partial charge on any atom is 0.430 e. The molecule has 1 aromatic carbocycles. The summed E-state index contributed by atoms with van der Waals surface area (Å²) in [6.07, 6.45) is -5.32. The van der Waals surface area contributed by atoms with Gasteiger partial charge in [-0.2, -0.15) is 13.2 Å². The van der Waals surface area contributed by atoms with Crippen LogP contribution in [0.15, 0.2) is 24.3 Å². The second-order valence-corrected chi connectivity index (χ2v) is 5.30. The molecule has 0 spiro atoms. The van der Waals surface area contributed by atoms with Gasteiger partial charge in [0.25, 0.3) is 6.23 Å². The highest BCUT2D eigenvalue weighted by Crippen LogP contribution is 2.37. The molecule has 1 unspecified atom stereocenters. The third kappa shape index (κ3) is 4.05. The fourth-order valence-corrected chi connectivity index (χ4v) is 2.70. The van der Waals surface area contributed by atoms with Gasteiger partial charge in [0.1, 0.15) is 5.97 Å². The summed E-state index contributed by atoms with van der Waals surface area (Å²) in [6, 6.07) is 7.73. The third-order valence-corrected chi connectivity index (χ3v) is 4.28. The predicted octanol–water partition coefficient (Wildman–Crippen LogP) is 2.03. The smallest absolute Gasteiger partial charge is 0.430 e. The number of fused-ring (bicyclic) bond motifs is 1. The number of nitrogens with zero attached hydrogens (tertiary/aromatic N) is 1. The third-order valence-electron chi connectivity index (χ3n) is 4.28. The molecule has 24 heavy (non-hydrogen) atoms. The zero-order valence-electron chi connectivity index (χ0n) is 13.7. The minimum Gasteiger partial charge on any atom is -0.542 e. The maximum atomic E-state index is 11.8. The molecule has 0 amide bonds. The summed E-state index contributed by atoms with van der Waals surface area (Å²) in [7, 11) is 0. The number of halogens is 3. The number of aliphatic carboxylic acids is 1. The zero-order valence-corrected chi connectivity index (χ0v) is 13.7. The van der Waals surface area contributed by atoms with E-state index in [1.807, 2.05) is 24.3 Å². The number of alkyl halides is 3. The summed E-state index contributed by atoms with van der Waals surface area (Å²) in [5, 5.41) is 8.78. The summed E-state index contributed by atoms with van der Waals surface area (Å²) in [5.74, 6) is -3.18. The van der Waals surface area contributed by atoms with Gasteiger partial charge in [0.05, 0.1) is 30.8 Å². The van der Waals surface area contributed by atoms with Crippen molar-refractivity contribution in [2.75, 3.05) is 19.6 Å². The van der Waals surface area contributed by atoms with E-state index in [0.717, 1.165) is 35.2 Å². The average Bonchev–Trinajstić information content (AvgIpc) is 2.88. The Labute approximate surface area is 138 Å². The molecule has 8 heteroatoms. The maximum absolute atomic E-state index is 11.8. The first kappa shape index (κ1) is 20.0. The largest absolute Gasteiger partial charge is 0.542 e. The minimum atomic E-state index is -5.19. The first-order valence-electron chi connectivity index (χ1n) is 7.56. The van der Waals surface area contributed by atoms with Crippen molar-refractivity contribution in [3.63, 3.8) is 0 Å². The van der Waals surface area contributed by atoms with Crippen molar-refractivity contribution in [2.24, 2.45) is 0 Å². The molecule has 2 rings (SSSR count). The van der Waals surface area contributed by atoms with Crippen LogP contribution in [0.2, 0.25) is 0 Å². The van der Waals surface area contributed by atoms with Gasteiger partial charge in [-0.25, -0.2) is 4.79 Å². The number of carbonyl (C=O) groups is 2. The van der Waals surface area contributed by atoms with E-state index >= 15 is 0 Å². The van der Waals surface area contributed by atoms with Crippen LogP contribution in [0.4, 0.5) is 13.2 Å². The second kappa shape index (κ2) is 7.65. The summed E-state index contributed by atoms with van der Waals surface area (Å²) in [4.78, 5) is 20.6. The van der Waals surface area contributed by atoms with Gasteiger partial charge in [-0.15, -0.1) is 0 Å². The molecule has 1 aromatic rings. The quantitative estimate of drug-likeness (QED) is 0.617. The van der Waals surface area contributed by atoms with Crippen LogP contribution < -0.4 is 5.11 Å². The monoisotopic (exact) mass is 347 g/mol. The lowest BCUT2D eigenvalue weighted by Crippen LogP contribution is -2.50. The molecule has 5 nitrogen and oxygen atoms in total. The van der Waals surface area contributed by atoms with Crippen LogP contribution in [-0.2, 0) is 9.53 Å². The van der Waals surface area contributed by atoms with E-state index in [1.54, 1.807) is 0 Å². The van der Waals surface area contributed by atoms with Gasteiger partial charge in [0.2, 0.25) is 0 Å². The van der Waals surface area contributed by atoms with Crippen molar-refractivity contribution in [3.05, 3.63) is 35.4 Å². The lowest BCUT2D eigenvalue weighted by Gasteiger charge is -2.39. The van der Waals surface area contributed by atoms with E-state index in [-0.39, 0.29) is 12.2 Å². The van der Waals surface area contributed by atoms with E-state index in [1.165, 1.54) is 0 Å². The molecule has 1 aliphatic heterocycles. The van der Waals surface area contributed by atoms with Crippen molar-refractivity contribution in [1.82, 2.24) is 0 Å². The number of ether oxygens (including phenoxy) is 1. The number of hydrogen-bond acceptors (Lipinski definition) is 4. The van der Waals surface area contributed by atoms with Gasteiger partial charge >= 0.3 is 12.1 Å². The lowest BCUT2D eigenvalue weighted by atomic mass is 10.1. The van der Waals surface area contributed by atoms with Gasteiger partial charge in [0, 0.05) is 0 Å². The molecular formula is C16H20F3NO4. The standard InChI is InChI=1S/C14H20NO2.C2HF3O2/c1-4-15(5-2,6-3)13-11-9-7-8-10-12(11)14(16)17-13;3-2(4,5)1(6)7/h7-10,13H,4-6H2,1-3H3;(H,6,7)/q+1;/p-1. The van der Waals surface area contributed by atoms with E-state index in [9.17, 15) is 18.0 Å². The van der Waals surface area contributed by atoms with Crippen LogP contribution in [-0.4, -0.2) is 42.2 Å². The van der Waals surface area contributed by atoms with Crippen LogP contribution in [0.1, 0.15) is 42.9 Å². The zero-order chi connectivity index (χ0) is 18.5. The first-order valence-corrected chi connectivity index (χ1v) is 7.56. The molecule has 0 saturated carbocycles. The fraction of sp³-hybridized carbons (Fsp3) is 0.500. The topological polar surface area (TPSA) is 66.4 Å². The predicted molar refractivity (Wildman–Crippen MR) is 77.5 cm³/mol. The summed E-state index contributed by atoms with van der Waals surface area (Å²) < 4.78 is 38.0. The Kier molecular flexibility index (Phi) is 6.36. The average molecular weight is 347 g/mol. The molecule has 1 heterocycles. The van der Waals surface area contributed by atoms with Gasteiger partial charge in [-0.05, 0) is 32.9 Å². The molecular weight excluding hydrogens is 327 g/mol. The molecule has 0 saturated heterocycles. The van der Waals surface area contributed by atoms with Crippen LogP contribution in [0.25, 0.3) is 0 Å². The SMILES string of the molecule is CC[N+](CC)(CC)C1OC(=O)c2ccccc21.O=C([O-])C(F)(F)F. The molecule has 0 N–H and O–H groups in total. The van der Waals surface area contributed by atoms with Crippen molar-refractivity contribution in [1.29, 1.82) is 0 Å². The molecule has 1 aliphatic rings. The number of carboxylic acid groups (broad SMARTS) is 1. The van der Waals surface area contributed by atoms with Crippen LogP contribution in [0.5, 0.6) is 0 Å². The summed E-state index contributed by atoms with van der Waals surface area (Å²) >= 11 is 0. The summed E-state index contributed by atoms with van der Waals surface area (Å²) in [6.45, 7) is 9.38. The number of rotatable bonds is 4. The molecule has 1 atom stereocenters. The number of quaternary nitrogens is 1. The lowest BCUT2D eigenvalue weighted by molar-refractivity contribution is -0.970. The Morgan fingerprint density at radius 1 is 1.17 bits per heavy atom. The van der Waals surface area contributed by atoms with Gasteiger partial charge < -0.3 is 14.6 Å². The first-order chi connectivity index (χ1) is 11.1. The van der Waals surface area contributed by atoms with E-state index in [0.29, 0.717) is 0 Å². The highest BCUT2D eigenvalue weighted by molar-refractivity contribution is 5.93. The number of benzene rings is 1. The van der Waals surface area contributed by atoms with Gasteiger partial charge in [-0.3, -0.25) is 4.48 Å². The molecule has 0 bridgehead atoms. The molecule has 0 aliphatic carbocycles. The summed E-state index contributed by atoms with van der Waals surface area (Å²) in [5.41, 5.74) is 1.78. The Balaban J connectivity index is 0.000000351. The normalized spacial score (nSPS) is 16.8. The van der Waals surface area contributed by atoms with Crippen molar-refractivity contribution in [2.45, 2.75) is 33.2 Å². The van der Waals surface area contributed by atoms with E-state index in [4.69, 9.17) is 14.6 Å². The van der Waals surface area contributed by atoms with Gasteiger partial charge in [-0.1, -0.05) is 12.1 Å².